The third-order valence-electron chi connectivity index (χ3n) is 4.99. The van der Waals surface area contributed by atoms with Gasteiger partial charge in [-0.3, -0.25) is 4.99 Å². The molecule has 0 aliphatic heterocycles. The van der Waals surface area contributed by atoms with Crippen LogP contribution in [0.4, 0.5) is 0 Å². The molecule has 0 unspecified atom stereocenters. The maximum atomic E-state index is 5.49. The molecule has 27 heavy (non-hydrogen) atoms. The second kappa shape index (κ2) is 9.82. The number of aliphatic imine (C=N–C) groups is 1. The van der Waals surface area contributed by atoms with Crippen molar-refractivity contribution in [2.24, 2.45) is 4.99 Å². The minimum Gasteiger partial charge on any atom is -0.493 e. The Morgan fingerprint density at radius 2 is 1.74 bits per heavy atom. The van der Waals surface area contributed by atoms with Crippen LogP contribution in [0.1, 0.15) is 24.0 Å². The number of nitrogens with one attached hydrogen (secondary N) is 2. The van der Waals surface area contributed by atoms with Gasteiger partial charge in [0, 0.05) is 31.1 Å². The summed E-state index contributed by atoms with van der Waals surface area (Å²) in [6.45, 7) is 1.49. The Morgan fingerprint density at radius 3 is 2.33 bits per heavy atom. The van der Waals surface area contributed by atoms with Gasteiger partial charge in [0.1, 0.15) is 0 Å². The molecule has 1 fully saturated rings. The fraction of sp³-hybridized carbons (Fsp3) is 0.381. The highest BCUT2D eigenvalue weighted by Gasteiger charge is 2.43. The summed E-state index contributed by atoms with van der Waals surface area (Å²) in [5, 5.41) is 6.84. The van der Waals surface area contributed by atoms with Crippen molar-refractivity contribution in [3.8, 4) is 11.5 Å². The van der Waals surface area contributed by atoms with E-state index in [0.717, 1.165) is 29.6 Å². The lowest BCUT2D eigenvalue weighted by Crippen LogP contribution is -2.40. The van der Waals surface area contributed by atoms with Crippen LogP contribution in [0, 0.1) is 0 Å². The van der Waals surface area contributed by atoms with Crippen molar-refractivity contribution < 1.29 is 9.47 Å². The largest absolute Gasteiger partial charge is 0.493 e. The summed E-state index contributed by atoms with van der Waals surface area (Å²) in [4.78, 5) is 4.35. The van der Waals surface area contributed by atoms with Gasteiger partial charge in [-0.15, -0.1) is 24.0 Å². The zero-order chi connectivity index (χ0) is 18.4. The number of nitrogens with zero attached hydrogens (tertiary/aromatic N) is 1. The lowest BCUT2D eigenvalue weighted by atomic mass is 9.96. The molecular formula is C21H28IN3O2. The van der Waals surface area contributed by atoms with Crippen molar-refractivity contribution in [2.45, 2.75) is 24.8 Å². The highest BCUT2D eigenvalue weighted by molar-refractivity contribution is 14.0. The highest BCUT2D eigenvalue weighted by atomic mass is 127. The average molecular weight is 481 g/mol. The predicted molar refractivity (Wildman–Crippen MR) is 121 cm³/mol. The summed E-state index contributed by atoms with van der Waals surface area (Å²) in [5.41, 5.74) is 2.67. The molecule has 0 heterocycles. The first-order valence-electron chi connectivity index (χ1n) is 8.92. The molecule has 1 aliphatic carbocycles. The molecule has 0 atom stereocenters. The Balaban J connectivity index is 0.00000261. The van der Waals surface area contributed by atoms with Gasteiger partial charge in [-0.2, -0.15) is 0 Å². The summed E-state index contributed by atoms with van der Waals surface area (Å²) in [5.74, 6) is 2.27. The van der Waals surface area contributed by atoms with E-state index in [1.807, 2.05) is 18.2 Å². The molecule has 1 saturated carbocycles. The van der Waals surface area contributed by atoms with E-state index in [-0.39, 0.29) is 29.4 Å². The third-order valence-corrected chi connectivity index (χ3v) is 4.99. The molecule has 1 aliphatic rings. The van der Waals surface area contributed by atoms with Gasteiger partial charge < -0.3 is 20.1 Å². The maximum absolute atomic E-state index is 5.49. The zero-order valence-electron chi connectivity index (χ0n) is 16.1. The zero-order valence-corrected chi connectivity index (χ0v) is 18.4. The first kappa shape index (κ1) is 21.3. The van der Waals surface area contributed by atoms with Crippen molar-refractivity contribution in [1.82, 2.24) is 10.6 Å². The van der Waals surface area contributed by atoms with Crippen LogP contribution < -0.4 is 20.1 Å². The molecule has 5 nitrogen and oxygen atoms in total. The molecular weight excluding hydrogens is 453 g/mol. The minimum atomic E-state index is 0. The first-order valence-corrected chi connectivity index (χ1v) is 8.92. The van der Waals surface area contributed by atoms with E-state index in [1.54, 1.807) is 21.3 Å². The SMILES string of the molecule is CN=C(NCc1cccc(OC)c1OC)NCC1(c2ccccc2)CC1.I. The molecule has 0 bridgehead atoms. The number of ether oxygens (including phenoxy) is 2. The molecule has 146 valence electrons. The molecule has 0 spiro atoms. The van der Waals surface area contributed by atoms with E-state index >= 15 is 0 Å². The number of hydrogen-bond donors (Lipinski definition) is 2. The summed E-state index contributed by atoms with van der Waals surface area (Å²) in [7, 11) is 5.10. The molecule has 2 aromatic rings. The normalized spacial score (nSPS) is 14.7. The quantitative estimate of drug-likeness (QED) is 0.360. The van der Waals surface area contributed by atoms with Gasteiger partial charge >= 0.3 is 0 Å². The Morgan fingerprint density at radius 1 is 1.00 bits per heavy atom. The van der Waals surface area contributed by atoms with Crippen LogP contribution in [0.15, 0.2) is 53.5 Å². The van der Waals surface area contributed by atoms with Gasteiger partial charge in [-0.1, -0.05) is 42.5 Å². The van der Waals surface area contributed by atoms with E-state index in [0.29, 0.717) is 6.54 Å². The summed E-state index contributed by atoms with van der Waals surface area (Å²) >= 11 is 0. The fourth-order valence-corrected chi connectivity index (χ4v) is 3.26. The topological polar surface area (TPSA) is 54.9 Å². The fourth-order valence-electron chi connectivity index (χ4n) is 3.26. The van der Waals surface area contributed by atoms with Gasteiger partial charge in [0.2, 0.25) is 0 Å². The van der Waals surface area contributed by atoms with Crippen molar-refractivity contribution in [3.63, 3.8) is 0 Å². The number of halogens is 1. The lowest BCUT2D eigenvalue weighted by molar-refractivity contribution is 0.351. The molecule has 2 aromatic carbocycles. The molecule has 2 N–H and O–H groups in total. The number of methoxy groups -OCH3 is 2. The summed E-state index contributed by atoms with van der Waals surface area (Å²) in [6.07, 6.45) is 2.43. The molecule has 0 aromatic heterocycles. The third kappa shape index (κ3) is 5.06. The average Bonchev–Trinajstić information content (AvgIpc) is 3.49. The second-order valence-corrected chi connectivity index (χ2v) is 6.58. The van der Waals surface area contributed by atoms with Crippen LogP contribution >= 0.6 is 24.0 Å². The van der Waals surface area contributed by atoms with Gasteiger partial charge in [0.15, 0.2) is 17.5 Å². The predicted octanol–water partition coefficient (Wildman–Crippen LogP) is 3.72. The smallest absolute Gasteiger partial charge is 0.191 e. The van der Waals surface area contributed by atoms with Crippen LogP contribution in [0.2, 0.25) is 0 Å². The number of guanidine groups is 1. The lowest BCUT2D eigenvalue weighted by Gasteiger charge is -2.19. The van der Waals surface area contributed by atoms with Crippen LogP contribution in [0.3, 0.4) is 0 Å². The van der Waals surface area contributed by atoms with Crippen molar-refractivity contribution in [1.29, 1.82) is 0 Å². The Bertz CT molecular complexity index is 761. The molecule has 0 amide bonds. The van der Waals surface area contributed by atoms with E-state index in [4.69, 9.17) is 9.47 Å². The van der Waals surface area contributed by atoms with Gasteiger partial charge in [-0.05, 0) is 24.5 Å². The highest BCUT2D eigenvalue weighted by Crippen LogP contribution is 2.47. The van der Waals surface area contributed by atoms with Gasteiger partial charge in [0.25, 0.3) is 0 Å². The molecule has 6 heteroatoms. The summed E-state index contributed by atoms with van der Waals surface area (Å²) in [6, 6.07) is 16.6. The van der Waals surface area contributed by atoms with E-state index in [2.05, 4.69) is 46.0 Å². The van der Waals surface area contributed by atoms with E-state index < -0.39 is 0 Å². The number of rotatable bonds is 7. The Labute approximate surface area is 178 Å². The number of para-hydroxylation sites is 1. The van der Waals surface area contributed by atoms with Gasteiger partial charge in [0.05, 0.1) is 14.2 Å². The number of benzene rings is 2. The standard InChI is InChI=1S/C21H27N3O2.HI/c1-22-20(23-14-16-8-7-11-18(25-2)19(16)26-3)24-15-21(12-13-21)17-9-5-4-6-10-17;/h4-11H,12-15H2,1-3H3,(H2,22,23,24);1H. The van der Waals surface area contributed by atoms with Crippen molar-refractivity contribution >= 4 is 29.9 Å². The molecule has 3 rings (SSSR count). The van der Waals surface area contributed by atoms with Gasteiger partial charge in [-0.25, -0.2) is 0 Å². The molecule has 0 radical (unpaired) electrons. The maximum Gasteiger partial charge on any atom is 0.191 e. The van der Waals surface area contributed by atoms with E-state index in [9.17, 15) is 0 Å². The van der Waals surface area contributed by atoms with Crippen LogP contribution in [-0.4, -0.2) is 33.8 Å². The van der Waals surface area contributed by atoms with E-state index in [1.165, 1.54) is 18.4 Å². The molecule has 0 saturated heterocycles. The monoisotopic (exact) mass is 481 g/mol. The van der Waals surface area contributed by atoms with Crippen LogP contribution in [0.5, 0.6) is 11.5 Å². The van der Waals surface area contributed by atoms with Crippen molar-refractivity contribution in [2.75, 3.05) is 27.8 Å². The summed E-state index contributed by atoms with van der Waals surface area (Å²) < 4.78 is 10.9. The first-order chi connectivity index (χ1) is 12.7. The Hall–Kier alpha value is -1.96. The van der Waals surface area contributed by atoms with Crippen molar-refractivity contribution in [3.05, 3.63) is 59.7 Å². The van der Waals surface area contributed by atoms with Crippen LogP contribution in [0.25, 0.3) is 0 Å². The Kier molecular flexibility index (Phi) is 7.77. The second-order valence-electron chi connectivity index (χ2n) is 6.58. The minimum absolute atomic E-state index is 0. The number of hydrogen-bond acceptors (Lipinski definition) is 3. The van der Waals surface area contributed by atoms with Crippen LogP contribution in [-0.2, 0) is 12.0 Å².